The van der Waals surface area contributed by atoms with Crippen molar-refractivity contribution in [3.05, 3.63) is 98.2 Å². The summed E-state index contributed by atoms with van der Waals surface area (Å²) in [5.41, 5.74) is 4.46. The van der Waals surface area contributed by atoms with Crippen LogP contribution in [0.3, 0.4) is 0 Å². The summed E-state index contributed by atoms with van der Waals surface area (Å²) in [5.74, 6) is 1.34. The quantitative estimate of drug-likeness (QED) is 0.399. The second-order valence-corrected chi connectivity index (χ2v) is 8.00. The standard InChI is InChI=1S/C25H20Cl2O3/c1-3-16-4-6-17(7-5-16)12-23-25(28)24-15(2)10-19(13-22(24)30-23)29-14-18-8-9-20(26)21(27)11-18/h4-13H,3,14H2,1-2H3/b23-12-. The molecule has 0 bridgehead atoms. The summed E-state index contributed by atoms with van der Waals surface area (Å²) in [5, 5.41) is 0.989. The predicted molar refractivity (Wildman–Crippen MR) is 121 cm³/mol. The third-order valence-electron chi connectivity index (χ3n) is 5.02. The first-order valence-electron chi connectivity index (χ1n) is 9.69. The molecule has 30 heavy (non-hydrogen) atoms. The Bertz CT molecular complexity index is 1150. The molecule has 0 atom stereocenters. The Morgan fingerprint density at radius 3 is 2.40 bits per heavy atom. The lowest BCUT2D eigenvalue weighted by Crippen LogP contribution is -2.00. The molecule has 152 valence electrons. The maximum atomic E-state index is 12.8. The average molecular weight is 439 g/mol. The van der Waals surface area contributed by atoms with Gasteiger partial charge in [0.1, 0.15) is 18.1 Å². The molecule has 0 unspecified atom stereocenters. The maximum Gasteiger partial charge on any atom is 0.232 e. The Morgan fingerprint density at radius 2 is 1.70 bits per heavy atom. The highest BCUT2D eigenvalue weighted by molar-refractivity contribution is 6.42. The molecule has 1 aliphatic rings. The summed E-state index contributed by atoms with van der Waals surface area (Å²) in [4.78, 5) is 12.8. The first-order chi connectivity index (χ1) is 14.4. The molecule has 0 N–H and O–H groups in total. The molecular formula is C25H20Cl2O3. The van der Waals surface area contributed by atoms with E-state index in [4.69, 9.17) is 32.7 Å². The average Bonchev–Trinajstić information content (AvgIpc) is 3.05. The number of carbonyl (C=O) groups is 1. The zero-order chi connectivity index (χ0) is 21.3. The van der Waals surface area contributed by atoms with Gasteiger partial charge in [-0.3, -0.25) is 4.79 Å². The number of ketones is 1. The molecule has 3 nitrogen and oxygen atoms in total. The molecule has 0 spiro atoms. The summed E-state index contributed by atoms with van der Waals surface area (Å²) in [6.45, 7) is 4.32. The van der Waals surface area contributed by atoms with Gasteiger partial charge in [-0.1, -0.05) is 60.5 Å². The van der Waals surface area contributed by atoms with Gasteiger partial charge in [0, 0.05) is 6.07 Å². The molecular weight excluding hydrogens is 419 g/mol. The van der Waals surface area contributed by atoms with Crippen molar-refractivity contribution in [3.8, 4) is 11.5 Å². The Labute approximate surface area is 185 Å². The number of fused-ring (bicyclic) bond motifs is 1. The van der Waals surface area contributed by atoms with Crippen LogP contribution in [0.1, 0.15) is 39.5 Å². The van der Waals surface area contributed by atoms with Crippen LogP contribution in [-0.4, -0.2) is 5.78 Å². The Morgan fingerprint density at radius 1 is 0.967 bits per heavy atom. The lowest BCUT2D eigenvalue weighted by molar-refractivity contribution is 0.101. The van der Waals surface area contributed by atoms with Gasteiger partial charge in [-0.15, -0.1) is 0 Å². The zero-order valence-electron chi connectivity index (χ0n) is 16.7. The number of Topliss-reactive ketones (excluding diaryl/α,β-unsaturated/α-hetero) is 1. The summed E-state index contributed by atoms with van der Waals surface area (Å²) >= 11 is 12.0. The van der Waals surface area contributed by atoms with Crippen LogP contribution in [0.2, 0.25) is 10.0 Å². The van der Waals surface area contributed by atoms with Crippen molar-refractivity contribution >= 4 is 35.1 Å². The van der Waals surface area contributed by atoms with Crippen LogP contribution in [-0.2, 0) is 13.0 Å². The fraction of sp³-hybridized carbons (Fsp3) is 0.160. The van der Waals surface area contributed by atoms with E-state index in [0.717, 1.165) is 23.1 Å². The second kappa shape index (κ2) is 8.55. The smallest absolute Gasteiger partial charge is 0.232 e. The van der Waals surface area contributed by atoms with E-state index in [-0.39, 0.29) is 5.78 Å². The Kier molecular flexibility index (Phi) is 5.85. The Balaban J connectivity index is 1.54. The molecule has 0 radical (unpaired) electrons. The minimum Gasteiger partial charge on any atom is -0.489 e. The van der Waals surface area contributed by atoms with Crippen LogP contribution in [0.4, 0.5) is 0 Å². The van der Waals surface area contributed by atoms with Gasteiger partial charge in [0.15, 0.2) is 5.76 Å². The normalized spacial score (nSPS) is 14.0. The van der Waals surface area contributed by atoms with Gasteiger partial charge in [-0.05, 0) is 59.9 Å². The lowest BCUT2D eigenvalue weighted by atomic mass is 10.0. The van der Waals surface area contributed by atoms with Crippen molar-refractivity contribution in [2.45, 2.75) is 26.9 Å². The number of benzene rings is 3. The highest BCUT2D eigenvalue weighted by atomic mass is 35.5. The summed E-state index contributed by atoms with van der Waals surface area (Å²) < 4.78 is 11.8. The number of ether oxygens (including phenoxy) is 2. The molecule has 5 heteroatoms. The molecule has 0 amide bonds. The van der Waals surface area contributed by atoms with Crippen LogP contribution in [0, 0.1) is 6.92 Å². The molecule has 0 aliphatic carbocycles. The van der Waals surface area contributed by atoms with Crippen LogP contribution in [0.15, 0.2) is 60.4 Å². The molecule has 1 heterocycles. The third kappa shape index (κ3) is 4.23. The highest BCUT2D eigenvalue weighted by Crippen LogP contribution is 2.38. The van der Waals surface area contributed by atoms with Gasteiger partial charge in [0.25, 0.3) is 0 Å². The van der Waals surface area contributed by atoms with Gasteiger partial charge in [0.2, 0.25) is 5.78 Å². The van der Waals surface area contributed by atoms with E-state index in [9.17, 15) is 4.79 Å². The zero-order valence-corrected chi connectivity index (χ0v) is 18.2. The monoisotopic (exact) mass is 438 g/mol. The van der Waals surface area contributed by atoms with Crippen LogP contribution in [0.5, 0.6) is 11.5 Å². The third-order valence-corrected chi connectivity index (χ3v) is 5.76. The number of allylic oxidation sites excluding steroid dienone is 1. The predicted octanol–water partition coefficient (Wildman–Crippen LogP) is 7.06. The number of hydrogen-bond acceptors (Lipinski definition) is 3. The van der Waals surface area contributed by atoms with E-state index >= 15 is 0 Å². The molecule has 0 fully saturated rings. The van der Waals surface area contributed by atoms with Gasteiger partial charge in [-0.25, -0.2) is 0 Å². The first kappa shape index (κ1) is 20.5. The fourth-order valence-electron chi connectivity index (χ4n) is 3.36. The van der Waals surface area contributed by atoms with Crippen molar-refractivity contribution in [1.82, 2.24) is 0 Å². The second-order valence-electron chi connectivity index (χ2n) is 7.19. The number of halogens is 2. The maximum absolute atomic E-state index is 12.8. The summed E-state index contributed by atoms with van der Waals surface area (Å²) in [6, 6.07) is 17.1. The van der Waals surface area contributed by atoms with Crippen LogP contribution < -0.4 is 9.47 Å². The van der Waals surface area contributed by atoms with Crippen molar-refractivity contribution < 1.29 is 14.3 Å². The van der Waals surface area contributed by atoms with E-state index in [1.807, 2.05) is 31.2 Å². The molecule has 0 aromatic heterocycles. The molecule has 4 rings (SSSR count). The number of carbonyl (C=O) groups excluding carboxylic acids is 1. The molecule has 0 saturated carbocycles. The number of hydrogen-bond donors (Lipinski definition) is 0. The van der Waals surface area contributed by atoms with Crippen LogP contribution >= 0.6 is 23.2 Å². The van der Waals surface area contributed by atoms with Gasteiger partial charge in [-0.2, -0.15) is 0 Å². The van der Waals surface area contributed by atoms with Crippen molar-refractivity contribution in [2.75, 3.05) is 0 Å². The van der Waals surface area contributed by atoms with E-state index in [1.54, 1.807) is 24.3 Å². The minimum atomic E-state index is -0.113. The molecule has 3 aromatic carbocycles. The SMILES string of the molecule is CCc1ccc(/C=C2\Oc3cc(OCc4ccc(Cl)c(Cl)c4)cc(C)c3C2=O)cc1. The fourth-order valence-corrected chi connectivity index (χ4v) is 3.68. The Hall–Kier alpha value is -2.75. The molecule has 1 aliphatic heterocycles. The molecule has 0 saturated heterocycles. The number of rotatable bonds is 5. The largest absolute Gasteiger partial charge is 0.489 e. The summed E-state index contributed by atoms with van der Waals surface area (Å²) in [7, 11) is 0. The van der Waals surface area contributed by atoms with E-state index in [1.165, 1.54) is 5.56 Å². The molecule has 3 aromatic rings. The summed E-state index contributed by atoms with van der Waals surface area (Å²) in [6.07, 6.45) is 2.75. The number of aryl methyl sites for hydroxylation is 2. The van der Waals surface area contributed by atoms with Gasteiger partial charge >= 0.3 is 0 Å². The van der Waals surface area contributed by atoms with E-state index < -0.39 is 0 Å². The van der Waals surface area contributed by atoms with Gasteiger partial charge in [0.05, 0.1) is 15.6 Å². The van der Waals surface area contributed by atoms with Crippen LogP contribution in [0.25, 0.3) is 6.08 Å². The van der Waals surface area contributed by atoms with Gasteiger partial charge < -0.3 is 9.47 Å². The minimum absolute atomic E-state index is 0.113. The first-order valence-corrected chi connectivity index (χ1v) is 10.4. The van der Waals surface area contributed by atoms with E-state index in [0.29, 0.717) is 39.5 Å². The van der Waals surface area contributed by atoms with Crippen molar-refractivity contribution in [2.24, 2.45) is 0 Å². The lowest BCUT2D eigenvalue weighted by Gasteiger charge is -2.10. The van der Waals surface area contributed by atoms with E-state index in [2.05, 4.69) is 19.1 Å². The van der Waals surface area contributed by atoms with Crippen molar-refractivity contribution in [1.29, 1.82) is 0 Å². The highest BCUT2D eigenvalue weighted by Gasteiger charge is 2.30. The topological polar surface area (TPSA) is 35.5 Å². The van der Waals surface area contributed by atoms with Crippen molar-refractivity contribution in [3.63, 3.8) is 0 Å².